The van der Waals surface area contributed by atoms with Crippen LogP contribution in [0.15, 0.2) is 59.8 Å². The van der Waals surface area contributed by atoms with Crippen LogP contribution < -0.4 is 10.1 Å². The molecule has 1 unspecified atom stereocenters. The van der Waals surface area contributed by atoms with Crippen LogP contribution in [-0.2, 0) is 9.53 Å². The number of hydrogen-bond acceptors (Lipinski definition) is 4. The molecule has 2 aromatic rings. The van der Waals surface area contributed by atoms with Crippen molar-refractivity contribution in [2.75, 3.05) is 20.3 Å². The number of carbonyl (C=O) groups is 2. The third-order valence-electron chi connectivity index (χ3n) is 4.75. The number of likely N-dealkylation sites (N-methyl/N-ethyl adjacent to an activating group) is 1. The van der Waals surface area contributed by atoms with Crippen LogP contribution >= 0.6 is 0 Å². The van der Waals surface area contributed by atoms with Crippen LogP contribution in [0, 0.1) is 12.7 Å². The van der Waals surface area contributed by atoms with Crippen LogP contribution in [-0.4, -0.2) is 37.2 Å². The fraction of sp³-hybridized carbons (Fsp3) is 0.273. The maximum absolute atomic E-state index is 14.5. The van der Waals surface area contributed by atoms with E-state index < -0.39 is 23.9 Å². The van der Waals surface area contributed by atoms with Gasteiger partial charge in [-0.25, -0.2) is 14.0 Å². The van der Waals surface area contributed by atoms with E-state index in [2.05, 4.69) is 5.32 Å². The zero-order valence-corrected chi connectivity index (χ0v) is 16.6. The van der Waals surface area contributed by atoms with E-state index in [1.165, 1.54) is 24.1 Å². The van der Waals surface area contributed by atoms with E-state index >= 15 is 0 Å². The van der Waals surface area contributed by atoms with Gasteiger partial charge in [-0.2, -0.15) is 0 Å². The van der Waals surface area contributed by atoms with E-state index in [4.69, 9.17) is 9.47 Å². The molecule has 1 heterocycles. The Hall–Kier alpha value is -3.35. The predicted molar refractivity (Wildman–Crippen MR) is 106 cm³/mol. The van der Waals surface area contributed by atoms with Crippen LogP contribution in [0.25, 0.3) is 0 Å². The van der Waals surface area contributed by atoms with E-state index in [0.717, 1.165) is 5.56 Å². The lowest BCUT2D eigenvalue weighted by Crippen LogP contribution is -2.48. The number of aryl methyl sites for hydroxylation is 1. The van der Waals surface area contributed by atoms with Crippen molar-refractivity contribution in [1.82, 2.24) is 10.2 Å². The minimum Gasteiger partial charge on any atom is -0.487 e. The first kappa shape index (κ1) is 20.4. The van der Waals surface area contributed by atoms with E-state index in [-0.39, 0.29) is 24.4 Å². The minimum absolute atomic E-state index is 0.0477. The van der Waals surface area contributed by atoms with E-state index in [0.29, 0.717) is 11.4 Å². The topological polar surface area (TPSA) is 67.9 Å². The summed E-state index contributed by atoms with van der Waals surface area (Å²) in [7, 11) is 1.53. The Labute approximate surface area is 168 Å². The Balaban J connectivity index is 2.07. The number of ether oxygens (including phenoxy) is 2. The molecule has 2 amide bonds. The Bertz CT molecular complexity index is 957. The van der Waals surface area contributed by atoms with Gasteiger partial charge in [-0.1, -0.05) is 36.4 Å². The molecule has 29 heavy (non-hydrogen) atoms. The highest BCUT2D eigenvalue weighted by Gasteiger charge is 2.38. The van der Waals surface area contributed by atoms with Gasteiger partial charge in [0.05, 0.1) is 23.9 Å². The van der Waals surface area contributed by atoms with Gasteiger partial charge in [0, 0.05) is 12.6 Å². The summed E-state index contributed by atoms with van der Waals surface area (Å²) in [6, 6.07) is 12.0. The van der Waals surface area contributed by atoms with Gasteiger partial charge in [0.15, 0.2) is 0 Å². The molecule has 0 aromatic heterocycles. The summed E-state index contributed by atoms with van der Waals surface area (Å²) in [6.07, 6.45) is 0. The highest BCUT2D eigenvalue weighted by atomic mass is 19.1. The average Bonchev–Trinajstić information content (AvgIpc) is 2.70. The number of nitrogens with one attached hydrogen (secondary N) is 1. The SMILES string of the molecule is CCOC(=O)C1=C(COc2ccccc2C)N(C)C(=O)NC1c1ccccc1F. The highest BCUT2D eigenvalue weighted by molar-refractivity contribution is 5.95. The van der Waals surface area contributed by atoms with Crippen molar-refractivity contribution < 1.29 is 23.5 Å². The molecule has 0 fully saturated rings. The second-order valence-corrected chi connectivity index (χ2v) is 6.60. The molecular formula is C22H23FN2O4. The van der Waals surface area contributed by atoms with E-state index in [1.54, 1.807) is 25.1 Å². The van der Waals surface area contributed by atoms with Crippen molar-refractivity contribution in [2.24, 2.45) is 0 Å². The molecule has 0 bridgehead atoms. The molecule has 0 spiro atoms. The largest absolute Gasteiger partial charge is 0.487 e. The maximum Gasteiger partial charge on any atom is 0.338 e. The van der Waals surface area contributed by atoms with E-state index in [9.17, 15) is 14.0 Å². The summed E-state index contributed by atoms with van der Waals surface area (Å²) in [5.41, 5.74) is 1.57. The van der Waals surface area contributed by atoms with Gasteiger partial charge >= 0.3 is 12.0 Å². The Morgan fingerprint density at radius 2 is 1.86 bits per heavy atom. The summed E-state index contributed by atoms with van der Waals surface area (Å²) < 4.78 is 25.6. The Morgan fingerprint density at radius 3 is 2.55 bits per heavy atom. The summed E-state index contributed by atoms with van der Waals surface area (Å²) in [4.78, 5) is 26.6. The van der Waals surface area contributed by atoms with Crippen molar-refractivity contribution in [3.05, 3.63) is 76.7 Å². The standard InChI is InChI=1S/C22H23FN2O4/c1-4-28-21(26)19-17(13-29-18-12-8-5-9-14(18)2)25(3)22(27)24-20(19)15-10-6-7-11-16(15)23/h5-12,20H,4,13H2,1-3H3,(H,24,27). The number of benzene rings is 2. The fourth-order valence-electron chi connectivity index (χ4n) is 3.19. The maximum atomic E-state index is 14.5. The van der Waals surface area contributed by atoms with Gasteiger partial charge in [0.2, 0.25) is 0 Å². The fourth-order valence-corrected chi connectivity index (χ4v) is 3.19. The Morgan fingerprint density at radius 1 is 1.17 bits per heavy atom. The first-order chi connectivity index (χ1) is 13.9. The second-order valence-electron chi connectivity index (χ2n) is 6.60. The monoisotopic (exact) mass is 398 g/mol. The molecule has 0 aliphatic carbocycles. The molecule has 0 saturated carbocycles. The molecule has 0 saturated heterocycles. The third kappa shape index (κ3) is 4.23. The molecule has 3 rings (SSSR count). The quantitative estimate of drug-likeness (QED) is 0.753. The van der Waals surface area contributed by atoms with Gasteiger partial charge in [-0.3, -0.25) is 4.90 Å². The van der Waals surface area contributed by atoms with Gasteiger partial charge < -0.3 is 14.8 Å². The number of amides is 2. The molecular weight excluding hydrogens is 375 g/mol. The molecule has 1 aliphatic heterocycles. The first-order valence-corrected chi connectivity index (χ1v) is 9.31. The summed E-state index contributed by atoms with van der Waals surface area (Å²) in [6.45, 7) is 3.68. The van der Waals surface area contributed by atoms with Crippen molar-refractivity contribution in [2.45, 2.75) is 19.9 Å². The van der Waals surface area contributed by atoms with Gasteiger partial charge in [-0.05, 0) is 31.5 Å². The van der Waals surface area contributed by atoms with Crippen molar-refractivity contribution in [1.29, 1.82) is 0 Å². The zero-order chi connectivity index (χ0) is 21.0. The lowest BCUT2D eigenvalue weighted by molar-refractivity contribution is -0.139. The van der Waals surface area contributed by atoms with Crippen LogP contribution in [0.3, 0.4) is 0 Å². The van der Waals surface area contributed by atoms with Crippen LogP contribution in [0.5, 0.6) is 5.75 Å². The number of urea groups is 1. The summed E-state index contributed by atoms with van der Waals surface area (Å²) in [5, 5.41) is 2.68. The molecule has 7 heteroatoms. The molecule has 152 valence electrons. The number of para-hydroxylation sites is 1. The van der Waals surface area contributed by atoms with Crippen molar-refractivity contribution in [3.63, 3.8) is 0 Å². The number of carbonyl (C=O) groups excluding carboxylic acids is 2. The van der Waals surface area contributed by atoms with Crippen LogP contribution in [0.1, 0.15) is 24.1 Å². The first-order valence-electron chi connectivity index (χ1n) is 9.31. The smallest absolute Gasteiger partial charge is 0.338 e. The van der Waals surface area contributed by atoms with E-state index in [1.807, 2.05) is 25.1 Å². The van der Waals surface area contributed by atoms with Gasteiger partial charge in [-0.15, -0.1) is 0 Å². The van der Waals surface area contributed by atoms with Crippen LogP contribution in [0.4, 0.5) is 9.18 Å². The van der Waals surface area contributed by atoms with Gasteiger partial charge in [0.1, 0.15) is 18.2 Å². The number of nitrogens with zero attached hydrogens (tertiary/aromatic N) is 1. The number of halogens is 1. The second kappa shape index (κ2) is 8.77. The minimum atomic E-state index is -0.977. The highest BCUT2D eigenvalue weighted by Crippen LogP contribution is 2.32. The predicted octanol–water partition coefficient (Wildman–Crippen LogP) is 3.73. The molecule has 1 N–H and O–H groups in total. The molecule has 0 radical (unpaired) electrons. The average molecular weight is 398 g/mol. The molecule has 6 nitrogen and oxygen atoms in total. The normalized spacial score (nSPS) is 16.5. The third-order valence-corrected chi connectivity index (χ3v) is 4.75. The lowest BCUT2D eigenvalue weighted by atomic mass is 9.94. The molecule has 1 aliphatic rings. The van der Waals surface area contributed by atoms with Crippen molar-refractivity contribution >= 4 is 12.0 Å². The summed E-state index contributed by atoms with van der Waals surface area (Å²) >= 11 is 0. The number of rotatable bonds is 6. The number of esters is 1. The lowest BCUT2D eigenvalue weighted by Gasteiger charge is -2.34. The summed E-state index contributed by atoms with van der Waals surface area (Å²) in [5.74, 6) is -0.524. The Kier molecular flexibility index (Phi) is 6.16. The molecule has 1 atom stereocenters. The van der Waals surface area contributed by atoms with Crippen LogP contribution in [0.2, 0.25) is 0 Å². The van der Waals surface area contributed by atoms with Crippen molar-refractivity contribution in [3.8, 4) is 5.75 Å². The number of hydrogen-bond donors (Lipinski definition) is 1. The van der Waals surface area contributed by atoms with Gasteiger partial charge in [0.25, 0.3) is 0 Å². The zero-order valence-electron chi connectivity index (χ0n) is 16.6. The molecule has 2 aromatic carbocycles.